The van der Waals surface area contributed by atoms with Gasteiger partial charge in [0.2, 0.25) is 5.91 Å². The first kappa shape index (κ1) is 11.7. The van der Waals surface area contributed by atoms with Crippen molar-refractivity contribution in [1.29, 1.82) is 0 Å². The van der Waals surface area contributed by atoms with Crippen molar-refractivity contribution in [1.82, 2.24) is 5.32 Å². The number of carbonyl (C=O) groups excluding carboxylic acids is 1. The number of rotatable bonds is 4. The first-order valence-electron chi connectivity index (χ1n) is 6.72. The second-order valence-corrected chi connectivity index (χ2v) is 5.62. The Kier molecular flexibility index (Phi) is 3.08. The molecule has 3 heteroatoms. The maximum absolute atomic E-state index is 12.0. The van der Waals surface area contributed by atoms with Gasteiger partial charge in [-0.15, -0.1) is 0 Å². The molecule has 2 N–H and O–H groups in total. The van der Waals surface area contributed by atoms with E-state index in [0.717, 1.165) is 35.8 Å². The summed E-state index contributed by atoms with van der Waals surface area (Å²) in [6.07, 6.45) is 3.53. The second kappa shape index (κ2) is 4.73. The van der Waals surface area contributed by atoms with Crippen LogP contribution in [0.5, 0.6) is 0 Å². The van der Waals surface area contributed by atoms with E-state index in [0.29, 0.717) is 6.54 Å². The Morgan fingerprint density at radius 2 is 1.94 bits per heavy atom. The Balaban J connectivity index is 1.52. The van der Waals surface area contributed by atoms with Crippen molar-refractivity contribution >= 4 is 5.91 Å². The Bertz CT molecular complexity index is 448. The van der Waals surface area contributed by atoms with E-state index in [-0.39, 0.29) is 18.4 Å². The molecule has 2 aliphatic carbocycles. The maximum atomic E-state index is 12.0. The van der Waals surface area contributed by atoms with Crippen LogP contribution in [0.4, 0.5) is 0 Å². The van der Waals surface area contributed by atoms with E-state index < -0.39 is 0 Å². The highest BCUT2D eigenvalue weighted by Gasteiger charge is 2.47. The molecule has 0 aliphatic heterocycles. The zero-order valence-electron chi connectivity index (χ0n) is 10.4. The summed E-state index contributed by atoms with van der Waals surface area (Å²) in [7, 11) is 0. The Hall–Kier alpha value is -1.35. The topological polar surface area (TPSA) is 49.3 Å². The predicted octanol–water partition coefficient (Wildman–Crippen LogP) is 1.84. The summed E-state index contributed by atoms with van der Waals surface area (Å²) in [4.78, 5) is 12.0. The molecule has 1 aromatic carbocycles. The monoisotopic (exact) mass is 245 g/mol. The van der Waals surface area contributed by atoms with Crippen LogP contribution in [-0.2, 0) is 17.9 Å². The highest BCUT2D eigenvalue weighted by Crippen LogP contribution is 2.54. The van der Waals surface area contributed by atoms with E-state index in [9.17, 15) is 4.79 Å². The number of carbonyl (C=O) groups is 1. The summed E-state index contributed by atoms with van der Waals surface area (Å²) in [6, 6.07) is 7.71. The molecule has 3 rings (SSSR count). The Labute approximate surface area is 107 Å². The summed E-state index contributed by atoms with van der Waals surface area (Å²) in [5, 5.41) is 12.1. The fourth-order valence-corrected chi connectivity index (χ4v) is 3.10. The summed E-state index contributed by atoms with van der Waals surface area (Å²) >= 11 is 0. The third-order valence-corrected chi connectivity index (χ3v) is 4.26. The van der Waals surface area contributed by atoms with Crippen LogP contribution < -0.4 is 5.32 Å². The largest absolute Gasteiger partial charge is 0.392 e. The third-order valence-electron chi connectivity index (χ3n) is 4.26. The van der Waals surface area contributed by atoms with Crippen LogP contribution in [0.3, 0.4) is 0 Å². The van der Waals surface area contributed by atoms with E-state index in [4.69, 9.17) is 5.11 Å². The summed E-state index contributed by atoms with van der Waals surface area (Å²) in [6.45, 7) is 0.617. The van der Waals surface area contributed by atoms with E-state index >= 15 is 0 Å². The lowest BCUT2D eigenvalue weighted by atomic mass is 10.0. The van der Waals surface area contributed by atoms with Gasteiger partial charge in [-0.3, -0.25) is 4.79 Å². The van der Waals surface area contributed by atoms with E-state index in [1.165, 1.54) is 6.42 Å². The standard InChI is InChI=1S/C15H19NO2/c17-9-11-3-1-2-10(4-11)8-16-15(18)14-6-12-5-13(12)7-14/h1-4,12-14,17H,5-9H2,(H,16,18). The summed E-state index contributed by atoms with van der Waals surface area (Å²) in [5.41, 5.74) is 1.95. The summed E-state index contributed by atoms with van der Waals surface area (Å²) in [5.74, 6) is 2.14. The molecule has 0 radical (unpaired) electrons. The van der Waals surface area contributed by atoms with E-state index in [2.05, 4.69) is 5.32 Å². The van der Waals surface area contributed by atoms with Gasteiger partial charge in [0.1, 0.15) is 0 Å². The number of hydrogen-bond acceptors (Lipinski definition) is 2. The van der Waals surface area contributed by atoms with Gasteiger partial charge in [0, 0.05) is 12.5 Å². The van der Waals surface area contributed by atoms with Crippen LogP contribution >= 0.6 is 0 Å². The number of aliphatic hydroxyl groups excluding tert-OH is 1. The third kappa shape index (κ3) is 2.41. The fraction of sp³-hybridized carbons (Fsp3) is 0.533. The van der Waals surface area contributed by atoms with Crippen molar-refractivity contribution in [2.45, 2.75) is 32.4 Å². The first-order chi connectivity index (χ1) is 8.76. The SMILES string of the molecule is O=C(NCc1cccc(CO)c1)C1CC2CC2C1. The fourth-order valence-electron chi connectivity index (χ4n) is 3.10. The average Bonchev–Trinajstić information content (AvgIpc) is 3.02. The van der Waals surface area contributed by atoms with Crippen molar-refractivity contribution in [2.24, 2.45) is 17.8 Å². The number of aliphatic hydroxyl groups is 1. The molecule has 0 heterocycles. The quantitative estimate of drug-likeness (QED) is 0.850. The summed E-state index contributed by atoms with van der Waals surface area (Å²) < 4.78 is 0. The molecule has 2 unspecified atom stereocenters. The molecular formula is C15H19NO2. The number of hydrogen-bond donors (Lipinski definition) is 2. The van der Waals surface area contributed by atoms with Crippen molar-refractivity contribution in [2.75, 3.05) is 0 Å². The molecule has 96 valence electrons. The minimum absolute atomic E-state index is 0.0494. The Morgan fingerprint density at radius 1 is 1.22 bits per heavy atom. The maximum Gasteiger partial charge on any atom is 0.223 e. The number of benzene rings is 1. The minimum atomic E-state index is 0.0494. The average molecular weight is 245 g/mol. The van der Waals surface area contributed by atoms with Gasteiger partial charge in [-0.2, -0.15) is 0 Å². The molecule has 18 heavy (non-hydrogen) atoms. The van der Waals surface area contributed by atoms with Crippen LogP contribution in [0, 0.1) is 17.8 Å². The number of nitrogens with one attached hydrogen (secondary N) is 1. The van der Waals surface area contributed by atoms with Crippen molar-refractivity contribution in [3.8, 4) is 0 Å². The molecule has 1 aromatic rings. The van der Waals surface area contributed by atoms with Gasteiger partial charge in [-0.05, 0) is 42.2 Å². The highest BCUT2D eigenvalue weighted by molar-refractivity contribution is 5.79. The highest BCUT2D eigenvalue weighted by atomic mass is 16.3. The van der Waals surface area contributed by atoms with Crippen molar-refractivity contribution in [3.63, 3.8) is 0 Å². The molecule has 3 nitrogen and oxygen atoms in total. The van der Waals surface area contributed by atoms with Gasteiger partial charge < -0.3 is 10.4 Å². The molecule has 0 spiro atoms. The predicted molar refractivity (Wildman–Crippen MR) is 68.5 cm³/mol. The van der Waals surface area contributed by atoms with Gasteiger partial charge in [-0.25, -0.2) is 0 Å². The van der Waals surface area contributed by atoms with Crippen LogP contribution in [0.15, 0.2) is 24.3 Å². The van der Waals surface area contributed by atoms with E-state index in [1.807, 2.05) is 24.3 Å². The van der Waals surface area contributed by atoms with E-state index in [1.54, 1.807) is 0 Å². The second-order valence-electron chi connectivity index (χ2n) is 5.62. The smallest absolute Gasteiger partial charge is 0.223 e. The van der Waals surface area contributed by atoms with Gasteiger partial charge in [0.05, 0.1) is 6.61 Å². The lowest BCUT2D eigenvalue weighted by Gasteiger charge is -2.12. The lowest BCUT2D eigenvalue weighted by Crippen LogP contribution is -2.29. The molecule has 0 saturated heterocycles. The molecule has 0 aromatic heterocycles. The van der Waals surface area contributed by atoms with Gasteiger partial charge in [0.25, 0.3) is 0 Å². The van der Waals surface area contributed by atoms with Gasteiger partial charge in [0.15, 0.2) is 0 Å². The molecule has 2 aliphatic rings. The van der Waals surface area contributed by atoms with Crippen LogP contribution in [0.1, 0.15) is 30.4 Å². The molecule has 0 bridgehead atoms. The zero-order valence-corrected chi connectivity index (χ0v) is 10.4. The minimum Gasteiger partial charge on any atom is -0.392 e. The van der Waals surface area contributed by atoms with Crippen LogP contribution in [0.25, 0.3) is 0 Å². The van der Waals surface area contributed by atoms with Crippen molar-refractivity contribution < 1.29 is 9.90 Å². The molecule has 2 fully saturated rings. The van der Waals surface area contributed by atoms with Gasteiger partial charge >= 0.3 is 0 Å². The van der Waals surface area contributed by atoms with Crippen LogP contribution in [0.2, 0.25) is 0 Å². The van der Waals surface area contributed by atoms with Gasteiger partial charge in [-0.1, -0.05) is 24.3 Å². The molecule has 2 saturated carbocycles. The Morgan fingerprint density at radius 3 is 2.67 bits per heavy atom. The van der Waals surface area contributed by atoms with Crippen LogP contribution in [-0.4, -0.2) is 11.0 Å². The zero-order chi connectivity index (χ0) is 12.5. The first-order valence-corrected chi connectivity index (χ1v) is 6.72. The lowest BCUT2D eigenvalue weighted by molar-refractivity contribution is -0.125. The molecular weight excluding hydrogens is 226 g/mol. The normalized spacial score (nSPS) is 28.8. The molecule has 1 amide bonds. The molecule has 2 atom stereocenters. The van der Waals surface area contributed by atoms with Crippen molar-refractivity contribution in [3.05, 3.63) is 35.4 Å². The number of fused-ring (bicyclic) bond motifs is 1. The number of amides is 1.